The Morgan fingerprint density at radius 2 is 2.03 bits per heavy atom. The fourth-order valence-corrected chi connectivity index (χ4v) is 3.35. The summed E-state index contributed by atoms with van der Waals surface area (Å²) in [5.74, 6) is 1.35. The number of aliphatic imine (C=N–C) groups is 1. The summed E-state index contributed by atoms with van der Waals surface area (Å²) in [6, 6.07) is 9.38. The summed E-state index contributed by atoms with van der Waals surface area (Å²) in [6.45, 7) is 2.85. The summed E-state index contributed by atoms with van der Waals surface area (Å²) in [7, 11) is 1.62. The third-order valence-corrected chi connectivity index (χ3v) is 4.74. The number of hydrogen-bond donors (Lipinski definition) is 2. The highest BCUT2D eigenvalue weighted by Crippen LogP contribution is 2.20. The molecule has 1 aromatic heterocycles. The Morgan fingerprint density at radius 1 is 1.27 bits per heavy atom. The summed E-state index contributed by atoms with van der Waals surface area (Å²) in [5.41, 5.74) is 1.69. The number of ether oxygens (including phenoxy) is 1. The lowest BCUT2D eigenvalue weighted by atomic mass is 10.3. The van der Waals surface area contributed by atoms with Gasteiger partial charge in [-0.25, -0.2) is 9.67 Å². The number of methoxy groups -OCH3 is 1. The molecule has 2 aromatic rings. The highest BCUT2D eigenvalue weighted by Gasteiger charge is 2.34. The number of halogens is 3. The number of nitrogens with one attached hydrogen (secondary N) is 2. The molecule has 2 heterocycles. The Balaban J connectivity index is 1.58. The molecule has 10 heteroatoms. The molecule has 0 bridgehead atoms. The Labute approximate surface area is 173 Å². The maximum Gasteiger partial charge on any atom is 0.401 e. The van der Waals surface area contributed by atoms with Crippen LogP contribution in [0.15, 0.2) is 41.5 Å². The maximum atomic E-state index is 12.6. The lowest BCUT2D eigenvalue weighted by Crippen LogP contribution is -2.45. The van der Waals surface area contributed by atoms with Crippen LogP contribution in [-0.4, -0.2) is 66.1 Å². The van der Waals surface area contributed by atoms with Crippen molar-refractivity contribution >= 4 is 5.96 Å². The van der Waals surface area contributed by atoms with Crippen LogP contribution in [0.2, 0.25) is 0 Å². The van der Waals surface area contributed by atoms with E-state index >= 15 is 0 Å². The average Bonchev–Trinajstić information content (AvgIpc) is 3.34. The molecule has 1 fully saturated rings. The van der Waals surface area contributed by atoms with Crippen LogP contribution >= 0.6 is 0 Å². The maximum absolute atomic E-state index is 12.6. The van der Waals surface area contributed by atoms with Gasteiger partial charge in [0, 0.05) is 31.9 Å². The second kappa shape index (κ2) is 9.84. The van der Waals surface area contributed by atoms with E-state index in [4.69, 9.17) is 4.74 Å². The van der Waals surface area contributed by atoms with Gasteiger partial charge in [-0.05, 0) is 43.7 Å². The van der Waals surface area contributed by atoms with E-state index in [-0.39, 0.29) is 6.04 Å². The van der Waals surface area contributed by atoms with Gasteiger partial charge in [-0.3, -0.25) is 4.90 Å². The van der Waals surface area contributed by atoms with Crippen LogP contribution < -0.4 is 15.4 Å². The van der Waals surface area contributed by atoms with E-state index < -0.39 is 12.7 Å². The van der Waals surface area contributed by atoms with Gasteiger partial charge >= 0.3 is 6.18 Å². The molecule has 3 rings (SSSR count). The Hall–Kier alpha value is -2.75. The third kappa shape index (κ3) is 6.38. The molecular weight excluding hydrogens is 397 g/mol. The molecule has 30 heavy (non-hydrogen) atoms. The molecule has 1 aromatic carbocycles. The van der Waals surface area contributed by atoms with E-state index in [0.29, 0.717) is 38.6 Å². The Bertz CT molecular complexity index is 834. The molecule has 0 aliphatic carbocycles. The minimum Gasteiger partial charge on any atom is -0.497 e. The molecular formula is C20H27F3N6O. The van der Waals surface area contributed by atoms with Gasteiger partial charge in [-0.1, -0.05) is 0 Å². The summed E-state index contributed by atoms with van der Waals surface area (Å²) in [5, 5.41) is 10.9. The second-order valence-corrected chi connectivity index (χ2v) is 7.13. The van der Waals surface area contributed by atoms with Crippen LogP contribution in [0.1, 0.15) is 19.0 Å². The van der Waals surface area contributed by atoms with Gasteiger partial charge in [0.2, 0.25) is 0 Å². The number of nitrogens with zero attached hydrogens (tertiary/aromatic N) is 4. The van der Waals surface area contributed by atoms with Gasteiger partial charge in [0.05, 0.1) is 31.6 Å². The lowest BCUT2D eigenvalue weighted by molar-refractivity contribution is -0.143. The number of alkyl halides is 3. The van der Waals surface area contributed by atoms with Gasteiger partial charge < -0.3 is 15.4 Å². The normalized spacial score (nSPS) is 17.9. The molecule has 1 unspecified atom stereocenters. The van der Waals surface area contributed by atoms with Crippen LogP contribution in [0.5, 0.6) is 5.75 Å². The van der Waals surface area contributed by atoms with Crippen molar-refractivity contribution in [2.75, 3.05) is 33.3 Å². The second-order valence-electron chi connectivity index (χ2n) is 7.13. The molecule has 0 amide bonds. The molecule has 0 radical (unpaired) electrons. The van der Waals surface area contributed by atoms with E-state index in [1.807, 2.05) is 43.5 Å². The zero-order valence-corrected chi connectivity index (χ0v) is 17.1. The van der Waals surface area contributed by atoms with Crippen molar-refractivity contribution in [3.05, 3.63) is 42.2 Å². The molecule has 1 aliphatic rings. The predicted molar refractivity (Wildman–Crippen MR) is 109 cm³/mol. The van der Waals surface area contributed by atoms with Crippen molar-refractivity contribution in [3.63, 3.8) is 0 Å². The standard InChI is InChI=1S/C20H27F3N6O/c1-3-24-19(26-16-8-10-28(13-16)14-20(21,22)23)25-12-15-9-11-29(27-15)17-4-6-18(30-2)7-5-17/h4-7,9,11,16H,3,8,10,12-14H2,1-2H3,(H2,24,25,26). The van der Waals surface area contributed by atoms with Gasteiger partial charge in [0.1, 0.15) is 5.75 Å². The van der Waals surface area contributed by atoms with Crippen molar-refractivity contribution in [1.82, 2.24) is 25.3 Å². The van der Waals surface area contributed by atoms with Gasteiger partial charge in [-0.15, -0.1) is 0 Å². The quantitative estimate of drug-likeness (QED) is 0.528. The van der Waals surface area contributed by atoms with Crippen molar-refractivity contribution in [2.24, 2.45) is 4.99 Å². The smallest absolute Gasteiger partial charge is 0.401 e. The van der Waals surface area contributed by atoms with Crippen molar-refractivity contribution in [2.45, 2.75) is 32.1 Å². The zero-order chi connectivity index (χ0) is 21.6. The van der Waals surface area contributed by atoms with E-state index in [1.54, 1.807) is 11.8 Å². The van der Waals surface area contributed by atoms with Crippen molar-refractivity contribution in [1.29, 1.82) is 0 Å². The first-order valence-electron chi connectivity index (χ1n) is 9.89. The number of rotatable bonds is 7. The Morgan fingerprint density at radius 3 is 2.70 bits per heavy atom. The number of benzene rings is 1. The summed E-state index contributed by atoms with van der Waals surface area (Å²) in [4.78, 5) is 5.95. The monoisotopic (exact) mass is 424 g/mol. The third-order valence-electron chi connectivity index (χ3n) is 4.74. The summed E-state index contributed by atoms with van der Waals surface area (Å²) >= 11 is 0. The first-order valence-corrected chi connectivity index (χ1v) is 9.89. The molecule has 1 atom stereocenters. The largest absolute Gasteiger partial charge is 0.497 e. The molecule has 2 N–H and O–H groups in total. The highest BCUT2D eigenvalue weighted by molar-refractivity contribution is 5.80. The topological polar surface area (TPSA) is 66.7 Å². The first kappa shape index (κ1) is 21.9. The minimum absolute atomic E-state index is 0.0676. The number of guanidine groups is 1. The molecule has 0 spiro atoms. The van der Waals surface area contributed by atoms with Gasteiger partial charge in [-0.2, -0.15) is 18.3 Å². The SMILES string of the molecule is CCNC(=NCc1ccn(-c2ccc(OC)cc2)n1)NC1CCN(CC(F)(F)F)C1. The van der Waals surface area contributed by atoms with Crippen LogP contribution in [0.4, 0.5) is 13.2 Å². The minimum atomic E-state index is -4.17. The van der Waals surface area contributed by atoms with Crippen LogP contribution in [0.3, 0.4) is 0 Å². The Kier molecular flexibility index (Phi) is 7.20. The molecule has 0 saturated carbocycles. The molecule has 7 nitrogen and oxygen atoms in total. The van der Waals surface area contributed by atoms with Gasteiger partial charge in [0.15, 0.2) is 5.96 Å². The predicted octanol–water partition coefficient (Wildman–Crippen LogP) is 2.57. The highest BCUT2D eigenvalue weighted by atomic mass is 19.4. The fourth-order valence-electron chi connectivity index (χ4n) is 3.35. The van der Waals surface area contributed by atoms with Crippen LogP contribution in [0.25, 0.3) is 5.69 Å². The average molecular weight is 424 g/mol. The number of likely N-dealkylation sites (tertiary alicyclic amines) is 1. The number of hydrogen-bond acceptors (Lipinski definition) is 4. The summed E-state index contributed by atoms with van der Waals surface area (Å²) < 4.78 is 44.7. The lowest BCUT2D eigenvalue weighted by Gasteiger charge is -2.19. The van der Waals surface area contributed by atoms with Crippen molar-refractivity contribution < 1.29 is 17.9 Å². The van der Waals surface area contributed by atoms with Crippen LogP contribution in [0, 0.1) is 0 Å². The molecule has 1 aliphatic heterocycles. The van der Waals surface area contributed by atoms with E-state index in [2.05, 4.69) is 20.7 Å². The molecule has 1 saturated heterocycles. The van der Waals surface area contributed by atoms with Gasteiger partial charge in [0.25, 0.3) is 0 Å². The van der Waals surface area contributed by atoms with E-state index in [0.717, 1.165) is 17.1 Å². The fraction of sp³-hybridized carbons (Fsp3) is 0.500. The first-order chi connectivity index (χ1) is 14.4. The van der Waals surface area contributed by atoms with E-state index in [9.17, 15) is 13.2 Å². The van der Waals surface area contributed by atoms with Crippen LogP contribution in [-0.2, 0) is 6.54 Å². The van der Waals surface area contributed by atoms with Crippen molar-refractivity contribution in [3.8, 4) is 11.4 Å². The summed E-state index contributed by atoms with van der Waals surface area (Å²) in [6.07, 6.45) is -1.66. The molecule has 164 valence electrons. The van der Waals surface area contributed by atoms with E-state index in [1.165, 1.54) is 4.90 Å². The number of aromatic nitrogens is 2. The zero-order valence-electron chi connectivity index (χ0n) is 17.1.